The quantitative estimate of drug-likeness (QED) is 0.254. The van der Waals surface area contributed by atoms with Gasteiger partial charge in [0.25, 0.3) is 0 Å². The molecule has 1 aromatic heterocycles. The van der Waals surface area contributed by atoms with Crippen LogP contribution in [-0.2, 0) is 19.1 Å². The molecule has 3 aromatic rings. The highest BCUT2D eigenvalue weighted by atomic mass is 79.9. The van der Waals surface area contributed by atoms with Crippen LogP contribution in [0.2, 0.25) is 0 Å². The van der Waals surface area contributed by atoms with E-state index in [1.165, 1.54) is 12.0 Å². The van der Waals surface area contributed by atoms with Crippen LogP contribution in [0.1, 0.15) is 33.6 Å². The van der Waals surface area contributed by atoms with Crippen LogP contribution >= 0.6 is 15.9 Å². The Balaban J connectivity index is 1.63. The molecular formula is C31H36BrN3O7. The Morgan fingerprint density at radius 3 is 2.60 bits per heavy atom. The van der Waals surface area contributed by atoms with Crippen molar-refractivity contribution in [3.8, 4) is 17.0 Å². The number of likely N-dealkylation sites (tertiary alicyclic amines) is 1. The molecular weight excluding hydrogens is 606 g/mol. The van der Waals surface area contributed by atoms with Crippen LogP contribution in [0.4, 0.5) is 4.79 Å². The first kappa shape index (κ1) is 31.2. The van der Waals surface area contributed by atoms with Gasteiger partial charge in [-0.2, -0.15) is 0 Å². The minimum Gasteiger partial charge on any atom is -0.472 e. The van der Waals surface area contributed by atoms with Crippen LogP contribution in [0.5, 0.6) is 5.88 Å². The predicted octanol–water partition coefficient (Wildman–Crippen LogP) is 4.71. The third kappa shape index (κ3) is 7.38. The van der Waals surface area contributed by atoms with Gasteiger partial charge in [0.15, 0.2) is 0 Å². The van der Waals surface area contributed by atoms with Gasteiger partial charge in [-0.1, -0.05) is 67.0 Å². The van der Waals surface area contributed by atoms with Crippen LogP contribution in [0.3, 0.4) is 0 Å². The van der Waals surface area contributed by atoms with Gasteiger partial charge in [-0.25, -0.2) is 14.6 Å². The summed E-state index contributed by atoms with van der Waals surface area (Å²) in [5, 5.41) is 12.6. The van der Waals surface area contributed by atoms with Crippen molar-refractivity contribution in [2.24, 2.45) is 5.41 Å². The molecule has 11 heteroatoms. The highest BCUT2D eigenvalue weighted by molar-refractivity contribution is 9.10. The summed E-state index contributed by atoms with van der Waals surface area (Å²) in [6.45, 7) is 5.40. The summed E-state index contributed by atoms with van der Waals surface area (Å²) >= 11 is 3.53. The van der Waals surface area contributed by atoms with Crippen molar-refractivity contribution in [2.45, 2.75) is 51.8 Å². The van der Waals surface area contributed by atoms with Crippen LogP contribution in [-0.4, -0.2) is 78.0 Å². The number of hydrogen-bond donors (Lipinski definition) is 2. The first-order chi connectivity index (χ1) is 20.0. The number of methoxy groups -OCH3 is 1. The number of ether oxygens (including phenoxy) is 3. The number of carbonyl (C=O) groups is 3. The smallest absolute Gasteiger partial charge is 0.407 e. The molecule has 3 unspecified atom stereocenters. The highest BCUT2D eigenvalue weighted by Gasteiger charge is 2.46. The lowest BCUT2D eigenvalue weighted by molar-refractivity contribution is -0.152. The van der Waals surface area contributed by atoms with Crippen LogP contribution in [0, 0.1) is 5.41 Å². The van der Waals surface area contributed by atoms with Gasteiger partial charge in [-0.3, -0.25) is 4.79 Å². The molecule has 1 aliphatic rings. The molecule has 2 heterocycles. The number of nitrogens with one attached hydrogen (secondary N) is 1. The number of aliphatic hydroxyl groups is 1. The predicted molar refractivity (Wildman–Crippen MR) is 161 cm³/mol. The van der Waals surface area contributed by atoms with E-state index in [9.17, 15) is 14.4 Å². The van der Waals surface area contributed by atoms with E-state index in [-0.39, 0.29) is 32.6 Å². The first-order valence-electron chi connectivity index (χ1n) is 13.8. The number of hydrogen-bond acceptors (Lipinski definition) is 8. The minimum atomic E-state index is -0.999. The fraction of sp³-hybridized carbons (Fsp3) is 0.419. The Hall–Kier alpha value is -3.70. The van der Waals surface area contributed by atoms with Crippen molar-refractivity contribution >= 4 is 44.8 Å². The van der Waals surface area contributed by atoms with E-state index in [0.717, 1.165) is 26.5 Å². The number of amides is 2. The van der Waals surface area contributed by atoms with E-state index in [4.69, 9.17) is 24.3 Å². The largest absolute Gasteiger partial charge is 0.472 e. The maximum Gasteiger partial charge on any atom is 0.407 e. The van der Waals surface area contributed by atoms with Gasteiger partial charge < -0.3 is 29.5 Å². The Kier molecular flexibility index (Phi) is 10.1. The van der Waals surface area contributed by atoms with Crippen molar-refractivity contribution in [3.63, 3.8) is 0 Å². The van der Waals surface area contributed by atoms with Gasteiger partial charge in [0.1, 0.15) is 18.2 Å². The molecule has 1 aliphatic heterocycles. The second-order valence-electron chi connectivity index (χ2n) is 11.2. The fourth-order valence-electron chi connectivity index (χ4n) is 4.90. The van der Waals surface area contributed by atoms with Gasteiger partial charge in [0, 0.05) is 34.9 Å². The van der Waals surface area contributed by atoms with Gasteiger partial charge in [-0.15, -0.1) is 0 Å². The molecule has 0 spiro atoms. The average molecular weight is 643 g/mol. The Bertz CT molecular complexity index is 1440. The van der Waals surface area contributed by atoms with Crippen molar-refractivity contribution in [3.05, 3.63) is 59.1 Å². The number of rotatable bonds is 9. The maximum atomic E-state index is 13.9. The number of benzene rings is 2. The number of fused-ring (bicyclic) bond motifs is 1. The third-order valence-corrected chi connectivity index (χ3v) is 7.53. The molecule has 1 fully saturated rings. The lowest BCUT2D eigenvalue weighted by Crippen LogP contribution is -2.57. The fourth-order valence-corrected chi connectivity index (χ4v) is 5.30. The minimum absolute atomic E-state index is 0.0108. The zero-order valence-electron chi connectivity index (χ0n) is 24.1. The average Bonchev–Trinajstić information content (AvgIpc) is 3.38. The topological polar surface area (TPSA) is 127 Å². The molecule has 2 aromatic carbocycles. The highest BCUT2D eigenvalue weighted by Crippen LogP contribution is 2.36. The van der Waals surface area contributed by atoms with E-state index in [1.54, 1.807) is 0 Å². The first-order valence-corrected chi connectivity index (χ1v) is 14.6. The Morgan fingerprint density at radius 1 is 1.14 bits per heavy atom. The van der Waals surface area contributed by atoms with Crippen molar-refractivity contribution in [2.75, 3.05) is 26.9 Å². The van der Waals surface area contributed by atoms with Gasteiger partial charge in [0.05, 0.1) is 25.8 Å². The summed E-state index contributed by atoms with van der Waals surface area (Å²) in [5.41, 5.74) is 1.71. The summed E-state index contributed by atoms with van der Waals surface area (Å²) in [6, 6.07) is 15.6. The molecule has 0 radical (unpaired) electrons. The van der Waals surface area contributed by atoms with Crippen molar-refractivity contribution < 1.29 is 33.7 Å². The standard InChI is InChI=1S/C31H36BrN3O7/c1-31(2,3)26(34-30(39)41-14-8-13-36)28(37)35-18-22(17-25(35)29(38)40-4)42-27-23(19-10-7-11-21(32)15-19)16-20-9-5-6-12-24(20)33-27/h5-7,9-12,15-16,22,25-26,36H,8,13-14,17-18H2,1-4H3,(H,34,39). The molecule has 0 bridgehead atoms. The lowest BCUT2D eigenvalue weighted by atomic mass is 9.85. The molecule has 42 heavy (non-hydrogen) atoms. The van der Waals surface area contributed by atoms with Crippen LogP contribution < -0.4 is 10.1 Å². The maximum absolute atomic E-state index is 13.9. The van der Waals surface area contributed by atoms with Gasteiger partial charge in [0.2, 0.25) is 11.8 Å². The number of esters is 1. The van der Waals surface area contributed by atoms with Crippen molar-refractivity contribution in [1.29, 1.82) is 0 Å². The molecule has 1 saturated heterocycles. The van der Waals surface area contributed by atoms with E-state index >= 15 is 0 Å². The second-order valence-corrected chi connectivity index (χ2v) is 12.1. The normalized spacial score (nSPS) is 17.5. The summed E-state index contributed by atoms with van der Waals surface area (Å²) in [7, 11) is 1.27. The number of nitrogens with zero attached hydrogens (tertiary/aromatic N) is 2. The van der Waals surface area contributed by atoms with E-state index < -0.39 is 41.6 Å². The number of alkyl carbamates (subject to hydrolysis) is 1. The zero-order valence-corrected chi connectivity index (χ0v) is 25.7. The zero-order chi connectivity index (χ0) is 30.4. The molecule has 0 saturated carbocycles. The number of para-hydroxylation sites is 1. The molecule has 224 valence electrons. The number of aliphatic hydroxyl groups excluding tert-OH is 1. The summed E-state index contributed by atoms with van der Waals surface area (Å²) in [6.07, 6.45) is -0.892. The van der Waals surface area contributed by atoms with Gasteiger partial charge >= 0.3 is 12.1 Å². The number of pyridine rings is 1. The number of aromatic nitrogens is 1. The molecule has 3 atom stereocenters. The summed E-state index contributed by atoms with van der Waals surface area (Å²) < 4.78 is 17.5. The van der Waals surface area contributed by atoms with Gasteiger partial charge in [-0.05, 0) is 35.2 Å². The molecule has 4 rings (SSSR count). The van der Waals surface area contributed by atoms with Crippen LogP contribution in [0.25, 0.3) is 22.0 Å². The molecule has 0 aliphatic carbocycles. The monoisotopic (exact) mass is 641 g/mol. The Labute approximate surface area is 253 Å². The summed E-state index contributed by atoms with van der Waals surface area (Å²) in [5.74, 6) is -0.652. The molecule has 2 amide bonds. The lowest BCUT2D eigenvalue weighted by Gasteiger charge is -2.34. The molecule has 10 nitrogen and oxygen atoms in total. The van der Waals surface area contributed by atoms with E-state index in [1.807, 2.05) is 75.4 Å². The Morgan fingerprint density at radius 2 is 1.90 bits per heavy atom. The molecule has 2 N–H and O–H groups in total. The number of carbonyl (C=O) groups excluding carboxylic acids is 3. The summed E-state index contributed by atoms with van der Waals surface area (Å²) in [4.78, 5) is 45.5. The van der Waals surface area contributed by atoms with Crippen molar-refractivity contribution in [1.82, 2.24) is 15.2 Å². The van der Waals surface area contributed by atoms with Crippen LogP contribution in [0.15, 0.2) is 59.1 Å². The SMILES string of the molecule is COC(=O)C1CC(Oc2nc3ccccc3cc2-c2cccc(Br)c2)CN1C(=O)C(NC(=O)OCCCO)C(C)(C)C. The third-order valence-electron chi connectivity index (χ3n) is 7.03. The van der Waals surface area contributed by atoms with E-state index in [2.05, 4.69) is 21.2 Å². The van der Waals surface area contributed by atoms with E-state index in [0.29, 0.717) is 5.88 Å². The second kappa shape index (κ2) is 13.5. The number of halogens is 1.